The van der Waals surface area contributed by atoms with Gasteiger partial charge in [0.15, 0.2) is 0 Å². The summed E-state index contributed by atoms with van der Waals surface area (Å²) in [5.74, 6) is 1.36. The van der Waals surface area contributed by atoms with Gasteiger partial charge in [0.05, 0.1) is 12.2 Å². The van der Waals surface area contributed by atoms with Crippen molar-refractivity contribution in [2.45, 2.75) is 45.7 Å². The van der Waals surface area contributed by atoms with Crippen LogP contribution in [0.5, 0.6) is 0 Å². The third-order valence-electron chi connectivity index (χ3n) is 5.92. The minimum Gasteiger partial charge on any atom is -0.379 e. The summed E-state index contributed by atoms with van der Waals surface area (Å²) in [6.07, 6.45) is 7.06. The standard InChI is InChI=1S/C22H31N5O/c1-2-25-12-14-26(15-13-25)22(28)18-7-9-19(10-8-18)23-16-20-17-27-11-5-3-4-6-21(27)24-20/h7-10,17,23H,2-6,11-16H2,1H3. The number of aryl methyl sites for hydroxylation is 2. The van der Waals surface area contributed by atoms with E-state index in [1.165, 1.54) is 25.1 Å². The molecule has 28 heavy (non-hydrogen) atoms. The minimum atomic E-state index is 0.139. The summed E-state index contributed by atoms with van der Waals surface area (Å²) < 4.78 is 2.31. The molecule has 0 saturated carbocycles. The number of hydrogen-bond acceptors (Lipinski definition) is 4. The summed E-state index contributed by atoms with van der Waals surface area (Å²) in [7, 11) is 0. The van der Waals surface area contributed by atoms with Crippen LogP contribution < -0.4 is 5.32 Å². The number of rotatable bonds is 5. The van der Waals surface area contributed by atoms with Gasteiger partial charge in [0, 0.05) is 56.6 Å². The molecular weight excluding hydrogens is 350 g/mol. The highest BCUT2D eigenvalue weighted by atomic mass is 16.2. The van der Waals surface area contributed by atoms with Gasteiger partial charge in [0.1, 0.15) is 5.82 Å². The van der Waals surface area contributed by atoms with Gasteiger partial charge in [-0.05, 0) is 43.7 Å². The molecule has 0 atom stereocenters. The van der Waals surface area contributed by atoms with Crippen LogP contribution in [0.15, 0.2) is 30.5 Å². The monoisotopic (exact) mass is 381 g/mol. The first-order valence-electron chi connectivity index (χ1n) is 10.6. The molecule has 4 rings (SSSR count). The van der Waals surface area contributed by atoms with Crippen LogP contribution in [0.1, 0.15) is 48.1 Å². The summed E-state index contributed by atoms with van der Waals surface area (Å²) in [5.41, 5.74) is 2.88. The summed E-state index contributed by atoms with van der Waals surface area (Å²) in [4.78, 5) is 21.8. The van der Waals surface area contributed by atoms with Gasteiger partial charge in [0.2, 0.25) is 0 Å². The number of benzene rings is 1. The lowest BCUT2D eigenvalue weighted by Gasteiger charge is -2.34. The molecule has 0 aliphatic carbocycles. The van der Waals surface area contributed by atoms with Gasteiger partial charge in [-0.15, -0.1) is 0 Å². The van der Waals surface area contributed by atoms with Crippen LogP contribution in [0.25, 0.3) is 0 Å². The van der Waals surface area contributed by atoms with Crippen molar-refractivity contribution in [3.05, 3.63) is 47.5 Å². The first-order chi connectivity index (χ1) is 13.7. The number of aromatic nitrogens is 2. The number of amides is 1. The predicted octanol–water partition coefficient (Wildman–Crippen LogP) is 3.00. The van der Waals surface area contributed by atoms with E-state index in [0.29, 0.717) is 6.54 Å². The second kappa shape index (κ2) is 8.78. The molecule has 1 aromatic carbocycles. The third-order valence-corrected chi connectivity index (χ3v) is 5.92. The molecule has 1 aromatic heterocycles. The number of nitrogens with one attached hydrogen (secondary N) is 1. The van der Waals surface area contributed by atoms with Gasteiger partial charge in [-0.2, -0.15) is 0 Å². The van der Waals surface area contributed by atoms with E-state index in [2.05, 4.69) is 27.9 Å². The van der Waals surface area contributed by atoms with Crippen molar-refractivity contribution in [1.29, 1.82) is 0 Å². The van der Waals surface area contributed by atoms with E-state index in [4.69, 9.17) is 4.98 Å². The normalized spacial score (nSPS) is 17.8. The van der Waals surface area contributed by atoms with Crippen LogP contribution in [0.4, 0.5) is 5.69 Å². The first kappa shape index (κ1) is 19.0. The number of imidazole rings is 1. The fourth-order valence-corrected chi connectivity index (χ4v) is 4.11. The summed E-state index contributed by atoms with van der Waals surface area (Å²) in [5, 5.41) is 3.44. The zero-order chi connectivity index (χ0) is 19.3. The Kier molecular flexibility index (Phi) is 5.95. The van der Waals surface area contributed by atoms with Crippen LogP contribution in [0.3, 0.4) is 0 Å². The van der Waals surface area contributed by atoms with Crippen molar-refractivity contribution < 1.29 is 4.79 Å². The maximum atomic E-state index is 12.7. The molecule has 0 spiro atoms. The topological polar surface area (TPSA) is 53.4 Å². The molecule has 1 saturated heterocycles. The number of fused-ring (bicyclic) bond motifs is 1. The van der Waals surface area contributed by atoms with Crippen molar-refractivity contribution in [3.63, 3.8) is 0 Å². The lowest BCUT2D eigenvalue weighted by Crippen LogP contribution is -2.48. The molecule has 1 amide bonds. The third kappa shape index (κ3) is 4.38. The molecule has 2 aromatic rings. The fourth-order valence-electron chi connectivity index (χ4n) is 4.11. The van der Waals surface area contributed by atoms with Crippen molar-refractivity contribution in [2.75, 3.05) is 38.0 Å². The Bertz CT molecular complexity index is 766. The fraction of sp³-hybridized carbons (Fsp3) is 0.545. The van der Waals surface area contributed by atoms with Gasteiger partial charge < -0.3 is 19.7 Å². The second-order valence-electron chi connectivity index (χ2n) is 7.81. The SMILES string of the molecule is CCN1CCN(C(=O)c2ccc(NCc3cn4c(n3)CCCCC4)cc2)CC1. The lowest BCUT2D eigenvalue weighted by molar-refractivity contribution is 0.0643. The van der Waals surface area contributed by atoms with E-state index in [1.54, 1.807) is 0 Å². The molecule has 2 aliphatic rings. The summed E-state index contributed by atoms with van der Waals surface area (Å²) >= 11 is 0. The molecule has 2 aliphatic heterocycles. The maximum absolute atomic E-state index is 12.7. The zero-order valence-corrected chi connectivity index (χ0v) is 16.9. The molecular formula is C22H31N5O. The first-order valence-corrected chi connectivity index (χ1v) is 10.6. The average molecular weight is 382 g/mol. The molecule has 1 N–H and O–H groups in total. The van der Waals surface area contributed by atoms with E-state index < -0.39 is 0 Å². The number of carbonyl (C=O) groups excluding carboxylic acids is 1. The molecule has 6 heteroatoms. The molecule has 0 radical (unpaired) electrons. The number of likely N-dealkylation sites (N-methyl/N-ethyl adjacent to an activating group) is 1. The lowest BCUT2D eigenvalue weighted by atomic mass is 10.1. The van der Waals surface area contributed by atoms with Gasteiger partial charge in [-0.25, -0.2) is 4.98 Å². The Morgan fingerprint density at radius 3 is 2.57 bits per heavy atom. The van der Waals surface area contributed by atoms with Crippen LogP contribution >= 0.6 is 0 Å². The van der Waals surface area contributed by atoms with Gasteiger partial charge in [-0.1, -0.05) is 13.3 Å². The average Bonchev–Trinajstić information content (AvgIpc) is 3.01. The number of carbonyl (C=O) groups is 1. The number of anilines is 1. The Morgan fingerprint density at radius 2 is 1.82 bits per heavy atom. The van der Waals surface area contributed by atoms with E-state index in [0.717, 1.165) is 62.6 Å². The van der Waals surface area contributed by atoms with Gasteiger partial charge >= 0.3 is 0 Å². The van der Waals surface area contributed by atoms with Crippen LogP contribution in [-0.2, 0) is 19.5 Å². The predicted molar refractivity (Wildman–Crippen MR) is 112 cm³/mol. The minimum absolute atomic E-state index is 0.139. The van der Waals surface area contributed by atoms with E-state index >= 15 is 0 Å². The van der Waals surface area contributed by atoms with E-state index in [-0.39, 0.29) is 5.91 Å². The Morgan fingerprint density at radius 1 is 1.04 bits per heavy atom. The van der Waals surface area contributed by atoms with Crippen LogP contribution in [0.2, 0.25) is 0 Å². The second-order valence-corrected chi connectivity index (χ2v) is 7.81. The molecule has 150 valence electrons. The van der Waals surface area contributed by atoms with E-state index in [1.807, 2.05) is 29.2 Å². The number of piperazine rings is 1. The van der Waals surface area contributed by atoms with Crippen molar-refractivity contribution in [2.24, 2.45) is 0 Å². The Hall–Kier alpha value is -2.34. The van der Waals surface area contributed by atoms with Crippen molar-refractivity contribution >= 4 is 11.6 Å². The van der Waals surface area contributed by atoms with Gasteiger partial charge in [0.25, 0.3) is 5.91 Å². The molecule has 6 nitrogen and oxygen atoms in total. The highest BCUT2D eigenvalue weighted by Crippen LogP contribution is 2.17. The number of nitrogens with zero attached hydrogens (tertiary/aromatic N) is 4. The largest absolute Gasteiger partial charge is 0.379 e. The molecule has 3 heterocycles. The quantitative estimate of drug-likeness (QED) is 0.865. The van der Waals surface area contributed by atoms with Crippen molar-refractivity contribution in [1.82, 2.24) is 19.4 Å². The number of hydrogen-bond donors (Lipinski definition) is 1. The Labute approximate surface area is 167 Å². The Balaban J connectivity index is 1.32. The smallest absolute Gasteiger partial charge is 0.253 e. The highest BCUT2D eigenvalue weighted by Gasteiger charge is 2.21. The van der Waals surface area contributed by atoms with Gasteiger partial charge in [-0.3, -0.25) is 4.79 Å². The zero-order valence-electron chi connectivity index (χ0n) is 16.9. The van der Waals surface area contributed by atoms with Crippen LogP contribution in [0, 0.1) is 0 Å². The molecule has 0 unspecified atom stereocenters. The highest BCUT2D eigenvalue weighted by molar-refractivity contribution is 5.94. The van der Waals surface area contributed by atoms with Crippen molar-refractivity contribution in [3.8, 4) is 0 Å². The summed E-state index contributed by atoms with van der Waals surface area (Å²) in [6, 6.07) is 7.85. The van der Waals surface area contributed by atoms with Crippen LogP contribution in [-0.4, -0.2) is 58.0 Å². The molecule has 1 fully saturated rings. The molecule has 0 bridgehead atoms. The van der Waals surface area contributed by atoms with E-state index in [9.17, 15) is 4.79 Å². The summed E-state index contributed by atoms with van der Waals surface area (Å²) in [6.45, 7) is 8.60. The maximum Gasteiger partial charge on any atom is 0.253 e.